The van der Waals surface area contributed by atoms with Gasteiger partial charge in [-0.3, -0.25) is 0 Å². The molecule has 0 bridgehead atoms. The fourth-order valence-corrected chi connectivity index (χ4v) is 1.90. The largest absolute Gasteiger partial charge is 0.314 e. The van der Waals surface area contributed by atoms with Gasteiger partial charge in [0.2, 0.25) is 0 Å². The minimum atomic E-state index is 0.751. The second-order valence-corrected chi connectivity index (χ2v) is 4.87. The maximum atomic E-state index is 3.69. The lowest BCUT2D eigenvalue weighted by atomic mass is 9.98. The number of nitrogens with one attached hydrogen (secondary N) is 1. The molecule has 1 N–H and O–H groups in total. The summed E-state index contributed by atoms with van der Waals surface area (Å²) in [6.07, 6.45) is 9.41. The molecule has 0 saturated heterocycles. The highest BCUT2D eigenvalue weighted by Gasteiger charge is 2.08. The molecule has 92 valence electrons. The normalized spacial score (nSPS) is 15.2. The van der Waals surface area contributed by atoms with Crippen molar-refractivity contribution in [3.63, 3.8) is 0 Å². The van der Waals surface area contributed by atoms with E-state index in [0.717, 1.165) is 12.0 Å². The molecule has 0 aliphatic rings. The molecule has 0 aliphatic carbocycles. The molecule has 0 rings (SSSR count). The standard InChI is InChI=1S/C14H31N/c1-5-8-9-10-11-15-14(7-3)12-13(4)6-2/h13-15H,5-12H2,1-4H3. The van der Waals surface area contributed by atoms with Crippen molar-refractivity contribution in [1.29, 1.82) is 0 Å². The molecule has 2 atom stereocenters. The summed E-state index contributed by atoms with van der Waals surface area (Å²) in [5, 5.41) is 3.69. The molecule has 0 spiro atoms. The lowest BCUT2D eigenvalue weighted by Crippen LogP contribution is -2.30. The summed E-state index contributed by atoms with van der Waals surface area (Å²) in [6.45, 7) is 10.4. The number of unbranched alkanes of at least 4 members (excludes halogenated alkanes) is 3. The van der Waals surface area contributed by atoms with Crippen molar-refractivity contribution in [2.45, 2.75) is 78.7 Å². The highest BCUT2D eigenvalue weighted by Crippen LogP contribution is 2.12. The number of hydrogen-bond acceptors (Lipinski definition) is 1. The first kappa shape index (κ1) is 15.0. The van der Waals surface area contributed by atoms with Crippen LogP contribution in [-0.2, 0) is 0 Å². The lowest BCUT2D eigenvalue weighted by Gasteiger charge is -2.20. The SMILES string of the molecule is CCCCCCNC(CC)CC(C)CC. The van der Waals surface area contributed by atoms with Crippen LogP contribution < -0.4 is 5.32 Å². The van der Waals surface area contributed by atoms with Crippen molar-refractivity contribution in [2.75, 3.05) is 6.54 Å². The molecule has 1 nitrogen and oxygen atoms in total. The highest BCUT2D eigenvalue weighted by atomic mass is 14.9. The van der Waals surface area contributed by atoms with Crippen molar-refractivity contribution in [3.05, 3.63) is 0 Å². The Morgan fingerprint density at radius 1 is 0.933 bits per heavy atom. The molecular formula is C14H31N. The summed E-state index contributed by atoms with van der Waals surface area (Å²) in [6, 6.07) is 0.751. The molecule has 0 radical (unpaired) electrons. The first-order chi connectivity index (χ1) is 7.24. The van der Waals surface area contributed by atoms with Crippen molar-refractivity contribution < 1.29 is 0 Å². The molecule has 1 heteroatoms. The zero-order valence-electron chi connectivity index (χ0n) is 11.3. The maximum Gasteiger partial charge on any atom is 0.00669 e. The van der Waals surface area contributed by atoms with E-state index in [0.29, 0.717) is 0 Å². The van der Waals surface area contributed by atoms with Gasteiger partial charge in [0.05, 0.1) is 0 Å². The van der Waals surface area contributed by atoms with Crippen LogP contribution >= 0.6 is 0 Å². The molecule has 0 saturated carbocycles. The zero-order chi connectivity index (χ0) is 11.5. The van der Waals surface area contributed by atoms with Gasteiger partial charge in [0.25, 0.3) is 0 Å². The number of hydrogen-bond donors (Lipinski definition) is 1. The fraction of sp³-hybridized carbons (Fsp3) is 1.00. The second-order valence-electron chi connectivity index (χ2n) is 4.87. The van der Waals surface area contributed by atoms with Crippen LogP contribution in [0.15, 0.2) is 0 Å². The van der Waals surface area contributed by atoms with Gasteiger partial charge in [-0.25, -0.2) is 0 Å². The van der Waals surface area contributed by atoms with Gasteiger partial charge in [0, 0.05) is 6.04 Å². The highest BCUT2D eigenvalue weighted by molar-refractivity contribution is 4.67. The molecule has 0 fully saturated rings. The van der Waals surface area contributed by atoms with Gasteiger partial charge < -0.3 is 5.32 Å². The second kappa shape index (κ2) is 10.5. The summed E-state index contributed by atoms with van der Waals surface area (Å²) in [7, 11) is 0. The molecule has 0 aromatic heterocycles. The Kier molecular flexibility index (Phi) is 10.4. The molecule has 2 unspecified atom stereocenters. The van der Waals surface area contributed by atoms with E-state index in [1.807, 2.05) is 0 Å². The fourth-order valence-electron chi connectivity index (χ4n) is 1.90. The van der Waals surface area contributed by atoms with Crippen LogP contribution in [-0.4, -0.2) is 12.6 Å². The van der Waals surface area contributed by atoms with Crippen molar-refractivity contribution in [2.24, 2.45) is 5.92 Å². The van der Waals surface area contributed by atoms with Crippen LogP contribution in [0, 0.1) is 5.92 Å². The van der Waals surface area contributed by atoms with Crippen LogP contribution in [0.4, 0.5) is 0 Å². The van der Waals surface area contributed by atoms with Crippen LogP contribution in [0.2, 0.25) is 0 Å². The Morgan fingerprint density at radius 2 is 1.67 bits per heavy atom. The monoisotopic (exact) mass is 213 g/mol. The third-order valence-electron chi connectivity index (χ3n) is 3.34. The summed E-state index contributed by atoms with van der Waals surface area (Å²) in [5.74, 6) is 0.873. The van der Waals surface area contributed by atoms with E-state index in [4.69, 9.17) is 0 Å². The Labute approximate surface area is 97.0 Å². The Bertz CT molecular complexity index is 123. The van der Waals surface area contributed by atoms with Gasteiger partial charge in [0.1, 0.15) is 0 Å². The Morgan fingerprint density at radius 3 is 2.20 bits per heavy atom. The summed E-state index contributed by atoms with van der Waals surface area (Å²) < 4.78 is 0. The predicted molar refractivity (Wildman–Crippen MR) is 70.3 cm³/mol. The van der Waals surface area contributed by atoms with E-state index in [1.54, 1.807) is 0 Å². The minimum Gasteiger partial charge on any atom is -0.314 e. The maximum absolute atomic E-state index is 3.69. The Hall–Kier alpha value is -0.0400. The van der Waals surface area contributed by atoms with Gasteiger partial charge in [-0.1, -0.05) is 53.4 Å². The lowest BCUT2D eigenvalue weighted by molar-refractivity contribution is 0.381. The molecule has 15 heavy (non-hydrogen) atoms. The molecule has 0 heterocycles. The van der Waals surface area contributed by atoms with Crippen molar-refractivity contribution in [1.82, 2.24) is 5.32 Å². The third-order valence-corrected chi connectivity index (χ3v) is 3.34. The molecule has 0 aromatic rings. The van der Waals surface area contributed by atoms with Crippen molar-refractivity contribution >= 4 is 0 Å². The number of rotatable bonds is 10. The summed E-state index contributed by atoms with van der Waals surface area (Å²) in [4.78, 5) is 0. The van der Waals surface area contributed by atoms with Gasteiger partial charge in [0.15, 0.2) is 0 Å². The quantitative estimate of drug-likeness (QED) is 0.531. The third kappa shape index (κ3) is 8.92. The van der Waals surface area contributed by atoms with Gasteiger partial charge in [-0.05, 0) is 31.7 Å². The first-order valence-electron chi connectivity index (χ1n) is 6.97. The van der Waals surface area contributed by atoms with E-state index in [2.05, 4.69) is 33.0 Å². The van der Waals surface area contributed by atoms with Crippen LogP contribution in [0.3, 0.4) is 0 Å². The van der Waals surface area contributed by atoms with E-state index >= 15 is 0 Å². The summed E-state index contributed by atoms with van der Waals surface area (Å²) >= 11 is 0. The Balaban J connectivity index is 3.44. The van der Waals surface area contributed by atoms with Gasteiger partial charge in [-0.2, -0.15) is 0 Å². The van der Waals surface area contributed by atoms with E-state index in [-0.39, 0.29) is 0 Å². The smallest absolute Gasteiger partial charge is 0.00669 e. The predicted octanol–water partition coefficient (Wildman–Crippen LogP) is 4.37. The van der Waals surface area contributed by atoms with Gasteiger partial charge >= 0.3 is 0 Å². The average molecular weight is 213 g/mol. The van der Waals surface area contributed by atoms with Gasteiger partial charge in [-0.15, -0.1) is 0 Å². The van der Waals surface area contributed by atoms with E-state index in [1.165, 1.54) is 51.5 Å². The van der Waals surface area contributed by atoms with Crippen LogP contribution in [0.25, 0.3) is 0 Å². The summed E-state index contributed by atoms with van der Waals surface area (Å²) in [5.41, 5.74) is 0. The molecule has 0 aliphatic heterocycles. The van der Waals surface area contributed by atoms with Crippen LogP contribution in [0.1, 0.15) is 72.6 Å². The average Bonchev–Trinajstić information content (AvgIpc) is 2.26. The van der Waals surface area contributed by atoms with Crippen LogP contribution in [0.5, 0.6) is 0 Å². The topological polar surface area (TPSA) is 12.0 Å². The first-order valence-corrected chi connectivity index (χ1v) is 6.97. The van der Waals surface area contributed by atoms with Crippen molar-refractivity contribution in [3.8, 4) is 0 Å². The van der Waals surface area contributed by atoms with E-state index < -0.39 is 0 Å². The molecule has 0 amide bonds. The minimum absolute atomic E-state index is 0.751. The van der Waals surface area contributed by atoms with E-state index in [9.17, 15) is 0 Å². The molecular weight excluding hydrogens is 182 g/mol. The zero-order valence-corrected chi connectivity index (χ0v) is 11.3. The molecule has 0 aromatic carbocycles.